The molecule has 5 heteroatoms. The molecular formula is C9H8N4O. The quantitative estimate of drug-likeness (QED) is 0.666. The molecule has 2 N–H and O–H groups in total. The van der Waals surface area contributed by atoms with Gasteiger partial charge in [-0.1, -0.05) is 18.2 Å². The van der Waals surface area contributed by atoms with Crippen molar-refractivity contribution in [1.29, 1.82) is 0 Å². The summed E-state index contributed by atoms with van der Waals surface area (Å²) < 4.78 is 0. The molecule has 0 aromatic heterocycles. The van der Waals surface area contributed by atoms with E-state index in [-0.39, 0.29) is 11.6 Å². The third-order valence-corrected chi connectivity index (χ3v) is 1.66. The first kappa shape index (κ1) is 8.43. The van der Waals surface area contributed by atoms with E-state index in [0.29, 0.717) is 0 Å². The zero-order valence-electron chi connectivity index (χ0n) is 7.27. The maximum absolute atomic E-state index is 11.0. The Bertz CT molecular complexity index is 397. The number of benzene rings is 1. The summed E-state index contributed by atoms with van der Waals surface area (Å²) in [5, 5.41) is 7.44. The number of hydrogen-bond donors (Lipinski definition) is 2. The van der Waals surface area contributed by atoms with E-state index in [1.165, 1.54) is 6.21 Å². The molecule has 0 spiro atoms. The normalized spacial score (nSPS) is 17.1. The van der Waals surface area contributed by atoms with Crippen molar-refractivity contribution in [2.75, 3.05) is 5.43 Å². The average molecular weight is 188 g/mol. The molecule has 1 aliphatic heterocycles. The second-order valence-electron chi connectivity index (χ2n) is 2.67. The Morgan fingerprint density at radius 2 is 2.07 bits per heavy atom. The number of carbonyl (C=O) groups is 1. The molecule has 0 saturated heterocycles. The zero-order valence-corrected chi connectivity index (χ0v) is 7.27. The third-order valence-electron chi connectivity index (χ3n) is 1.66. The monoisotopic (exact) mass is 188 g/mol. The lowest BCUT2D eigenvalue weighted by molar-refractivity contribution is -0.114. The summed E-state index contributed by atoms with van der Waals surface area (Å²) in [5.74, 6) is -0.298. The van der Waals surface area contributed by atoms with Gasteiger partial charge in [0.2, 0.25) is 0 Å². The van der Waals surface area contributed by atoms with Crippen LogP contribution < -0.4 is 10.9 Å². The molecule has 70 valence electrons. The van der Waals surface area contributed by atoms with Gasteiger partial charge in [-0.3, -0.25) is 10.2 Å². The van der Waals surface area contributed by atoms with Gasteiger partial charge in [-0.15, -0.1) is 0 Å². The van der Waals surface area contributed by atoms with Crippen molar-refractivity contribution in [1.82, 2.24) is 5.43 Å². The number of hydrazone groups is 2. The van der Waals surface area contributed by atoms with E-state index in [0.717, 1.165) is 5.69 Å². The van der Waals surface area contributed by atoms with Gasteiger partial charge in [0.15, 0.2) is 5.71 Å². The van der Waals surface area contributed by atoms with Gasteiger partial charge in [-0.25, -0.2) is 5.43 Å². The molecule has 0 radical (unpaired) electrons. The molecule has 5 nitrogen and oxygen atoms in total. The summed E-state index contributed by atoms with van der Waals surface area (Å²) in [4.78, 5) is 11.0. The van der Waals surface area contributed by atoms with Crippen LogP contribution in [-0.4, -0.2) is 17.8 Å². The summed E-state index contributed by atoms with van der Waals surface area (Å²) in [5.41, 5.74) is 6.12. The number of nitrogens with one attached hydrogen (secondary N) is 2. The summed E-state index contributed by atoms with van der Waals surface area (Å²) in [7, 11) is 0. The van der Waals surface area contributed by atoms with E-state index in [1.807, 2.05) is 30.3 Å². The number of nitrogens with zero attached hydrogens (tertiary/aromatic N) is 2. The summed E-state index contributed by atoms with van der Waals surface area (Å²) in [6.07, 6.45) is 1.37. The summed E-state index contributed by atoms with van der Waals surface area (Å²) >= 11 is 0. The fourth-order valence-corrected chi connectivity index (χ4v) is 0.985. The van der Waals surface area contributed by atoms with E-state index in [1.54, 1.807) is 0 Å². The van der Waals surface area contributed by atoms with Crippen LogP contribution in [0.15, 0.2) is 40.5 Å². The van der Waals surface area contributed by atoms with Gasteiger partial charge in [0, 0.05) is 0 Å². The maximum Gasteiger partial charge on any atom is 0.293 e. The molecule has 0 atom stereocenters. The smallest absolute Gasteiger partial charge is 0.278 e. The van der Waals surface area contributed by atoms with E-state index in [4.69, 9.17) is 0 Å². The molecule has 14 heavy (non-hydrogen) atoms. The Hall–Kier alpha value is -2.17. The van der Waals surface area contributed by atoms with Gasteiger partial charge in [-0.2, -0.15) is 10.2 Å². The largest absolute Gasteiger partial charge is 0.293 e. The Labute approximate surface area is 80.5 Å². The molecule has 0 saturated carbocycles. The fraction of sp³-hybridized carbons (Fsp3) is 0. The van der Waals surface area contributed by atoms with Crippen LogP contribution in [0.4, 0.5) is 5.69 Å². The molecular weight excluding hydrogens is 180 g/mol. The first-order valence-electron chi connectivity index (χ1n) is 4.08. The van der Waals surface area contributed by atoms with Crippen LogP contribution in [-0.2, 0) is 4.79 Å². The number of hydrogen-bond acceptors (Lipinski definition) is 4. The predicted octanol–water partition coefficient (Wildman–Crippen LogP) is 0.570. The van der Waals surface area contributed by atoms with E-state index < -0.39 is 0 Å². The minimum Gasteiger partial charge on any atom is -0.278 e. The zero-order chi connectivity index (χ0) is 9.80. The lowest BCUT2D eigenvalue weighted by atomic mass is 10.3. The summed E-state index contributed by atoms with van der Waals surface area (Å²) in [6.45, 7) is 0. The molecule has 1 amide bonds. The minimum absolute atomic E-state index is 0.272. The molecule has 0 aliphatic carbocycles. The van der Waals surface area contributed by atoms with Crippen LogP contribution in [0.5, 0.6) is 0 Å². The maximum atomic E-state index is 11.0. The lowest BCUT2D eigenvalue weighted by Crippen LogP contribution is -2.20. The van der Waals surface area contributed by atoms with Crippen LogP contribution in [0.3, 0.4) is 0 Å². The molecule has 1 heterocycles. The first-order chi connectivity index (χ1) is 6.86. The Morgan fingerprint density at radius 3 is 2.71 bits per heavy atom. The molecule has 0 fully saturated rings. The van der Waals surface area contributed by atoms with E-state index >= 15 is 0 Å². The third kappa shape index (κ3) is 1.77. The van der Waals surface area contributed by atoms with Crippen molar-refractivity contribution in [2.45, 2.75) is 0 Å². The standard InChI is InChI=1S/C9H8N4O/c14-9-8(6-10-13-9)12-11-7-4-2-1-3-5-7/h1-6,11H,(H,12,13,14). The van der Waals surface area contributed by atoms with Gasteiger partial charge < -0.3 is 0 Å². The molecule has 1 aromatic rings. The summed E-state index contributed by atoms with van der Waals surface area (Å²) in [6, 6.07) is 9.38. The van der Waals surface area contributed by atoms with Crippen molar-refractivity contribution >= 4 is 23.5 Å². The second-order valence-corrected chi connectivity index (χ2v) is 2.67. The van der Waals surface area contributed by atoms with Crippen LogP contribution in [0.1, 0.15) is 0 Å². The second kappa shape index (κ2) is 3.69. The van der Waals surface area contributed by atoms with Gasteiger partial charge >= 0.3 is 0 Å². The molecule has 0 bridgehead atoms. The van der Waals surface area contributed by atoms with Crippen LogP contribution >= 0.6 is 0 Å². The van der Waals surface area contributed by atoms with Crippen molar-refractivity contribution in [3.63, 3.8) is 0 Å². The molecule has 2 rings (SSSR count). The molecule has 1 aliphatic rings. The van der Waals surface area contributed by atoms with E-state index in [9.17, 15) is 4.79 Å². The average Bonchev–Trinajstić information content (AvgIpc) is 2.63. The van der Waals surface area contributed by atoms with Crippen molar-refractivity contribution in [3.05, 3.63) is 30.3 Å². The van der Waals surface area contributed by atoms with Gasteiger partial charge in [-0.05, 0) is 12.1 Å². The van der Waals surface area contributed by atoms with Gasteiger partial charge in [0.1, 0.15) is 0 Å². The number of para-hydroxylation sites is 1. The van der Waals surface area contributed by atoms with Crippen molar-refractivity contribution in [2.24, 2.45) is 10.2 Å². The highest BCUT2D eigenvalue weighted by atomic mass is 16.2. The van der Waals surface area contributed by atoms with Crippen LogP contribution in [0.2, 0.25) is 0 Å². The van der Waals surface area contributed by atoms with Crippen LogP contribution in [0.25, 0.3) is 0 Å². The van der Waals surface area contributed by atoms with Gasteiger partial charge in [0.25, 0.3) is 5.91 Å². The van der Waals surface area contributed by atoms with Crippen LogP contribution in [0, 0.1) is 0 Å². The molecule has 0 unspecified atom stereocenters. The highest BCUT2D eigenvalue weighted by molar-refractivity contribution is 6.62. The minimum atomic E-state index is -0.298. The van der Waals surface area contributed by atoms with Gasteiger partial charge in [0.05, 0.1) is 11.9 Å². The predicted molar refractivity (Wildman–Crippen MR) is 54.1 cm³/mol. The molecule has 1 aromatic carbocycles. The number of anilines is 1. The number of rotatable bonds is 2. The number of amides is 1. The van der Waals surface area contributed by atoms with Crippen molar-refractivity contribution in [3.8, 4) is 0 Å². The first-order valence-corrected chi connectivity index (χ1v) is 4.08. The number of carbonyl (C=O) groups excluding carboxylic acids is 1. The SMILES string of the molecule is O=C1NN=CC1=NNc1ccccc1. The van der Waals surface area contributed by atoms with E-state index in [2.05, 4.69) is 21.1 Å². The van der Waals surface area contributed by atoms with Crippen molar-refractivity contribution < 1.29 is 4.79 Å². The highest BCUT2D eigenvalue weighted by Crippen LogP contribution is 2.04. The topological polar surface area (TPSA) is 65.8 Å². The highest BCUT2D eigenvalue weighted by Gasteiger charge is 2.13. The Kier molecular flexibility index (Phi) is 2.22. The Balaban J connectivity index is 2.07. The lowest BCUT2D eigenvalue weighted by Gasteiger charge is -1.98. The Morgan fingerprint density at radius 1 is 1.29 bits per heavy atom. The fourth-order valence-electron chi connectivity index (χ4n) is 0.985.